The zero-order chi connectivity index (χ0) is 14.8. The zero-order valence-electron chi connectivity index (χ0n) is 12.2. The molecule has 0 aromatic carbocycles. The molecule has 20 heavy (non-hydrogen) atoms. The summed E-state index contributed by atoms with van der Waals surface area (Å²) >= 11 is 0. The van der Waals surface area contributed by atoms with Gasteiger partial charge in [-0.05, 0) is 32.6 Å². The van der Waals surface area contributed by atoms with Crippen LogP contribution in [-0.4, -0.2) is 56.2 Å². The van der Waals surface area contributed by atoms with Crippen LogP contribution < -0.4 is 5.32 Å². The van der Waals surface area contributed by atoms with Crippen LogP contribution in [0.4, 0.5) is 0 Å². The highest BCUT2D eigenvalue weighted by Crippen LogP contribution is 2.21. The van der Waals surface area contributed by atoms with E-state index in [1.165, 1.54) is 10.6 Å². The lowest BCUT2D eigenvalue weighted by molar-refractivity contribution is -0.127. The number of amides is 1. The number of carbonyl (C=O) groups is 1. The average Bonchev–Trinajstić information content (AvgIpc) is 2.91. The molecular formula is C13H24N2O4S. The molecule has 2 heterocycles. The molecule has 0 aromatic heterocycles. The minimum Gasteiger partial charge on any atom is -0.376 e. The van der Waals surface area contributed by atoms with Crippen LogP contribution in [0.2, 0.25) is 0 Å². The summed E-state index contributed by atoms with van der Waals surface area (Å²) in [6.07, 6.45) is 5.48. The lowest BCUT2D eigenvalue weighted by Crippen LogP contribution is -2.54. The largest absolute Gasteiger partial charge is 0.376 e. The maximum Gasteiger partial charge on any atom is 0.238 e. The number of nitrogens with zero attached hydrogens (tertiary/aromatic N) is 1. The summed E-state index contributed by atoms with van der Waals surface area (Å²) in [6, 6.07) is -0.643. The molecule has 2 aliphatic rings. The number of sulfonamides is 1. The molecule has 0 aliphatic carbocycles. The van der Waals surface area contributed by atoms with Gasteiger partial charge in [0.1, 0.15) is 6.04 Å². The first-order valence-corrected chi connectivity index (χ1v) is 9.13. The Morgan fingerprint density at radius 1 is 1.30 bits per heavy atom. The Hall–Kier alpha value is -0.660. The molecule has 3 unspecified atom stereocenters. The van der Waals surface area contributed by atoms with Crippen molar-refractivity contribution in [3.63, 3.8) is 0 Å². The zero-order valence-corrected chi connectivity index (χ0v) is 13.0. The van der Waals surface area contributed by atoms with E-state index in [1.54, 1.807) is 0 Å². The van der Waals surface area contributed by atoms with Crippen molar-refractivity contribution < 1.29 is 17.9 Å². The predicted molar refractivity (Wildman–Crippen MR) is 75.8 cm³/mol. The van der Waals surface area contributed by atoms with Crippen molar-refractivity contribution >= 4 is 15.9 Å². The molecule has 2 rings (SSSR count). The summed E-state index contributed by atoms with van der Waals surface area (Å²) in [5.41, 5.74) is 0. The van der Waals surface area contributed by atoms with Crippen LogP contribution in [-0.2, 0) is 19.6 Å². The number of ether oxygens (including phenoxy) is 1. The maximum absolute atomic E-state index is 12.3. The number of hydrogen-bond acceptors (Lipinski definition) is 4. The summed E-state index contributed by atoms with van der Waals surface area (Å²) in [6.45, 7) is 3.09. The molecule has 6 nitrogen and oxygen atoms in total. The monoisotopic (exact) mass is 304 g/mol. The van der Waals surface area contributed by atoms with E-state index in [9.17, 15) is 13.2 Å². The van der Waals surface area contributed by atoms with Crippen LogP contribution in [0.15, 0.2) is 0 Å². The quantitative estimate of drug-likeness (QED) is 0.820. The highest BCUT2D eigenvalue weighted by Gasteiger charge is 2.35. The van der Waals surface area contributed by atoms with Crippen LogP contribution in [0.1, 0.15) is 39.0 Å². The molecule has 1 N–H and O–H groups in total. The van der Waals surface area contributed by atoms with Gasteiger partial charge < -0.3 is 10.1 Å². The van der Waals surface area contributed by atoms with Crippen molar-refractivity contribution in [2.45, 2.75) is 57.2 Å². The number of nitrogens with one attached hydrogen (secondary N) is 1. The molecule has 116 valence electrons. The first-order chi connectivity index (χ1) is 9.39. The van der Waals surface area contributed by atoms with Gasteiger partial charge >= 0.3 is 0 Å². The minimum atomic E-state index is -3.33. The van der Waals surface area contributed by atoms with Crippen LogP contribution in [0, 0.1) is 0 Å². The first kappa shape index (κ1) is 15.7. The molecule has 0 bridgehead atoms. The van der Waals surface area contributed by atoms with E-state index >= 15 is 0 Å². The van der Waals surface area contributed by atoms with Crippen molar-refractivity contribution in [2.24, 2.45) is 0 Å². The lowest BCUT2D eigenvalue weighted by atomic mass is 10.0. The Bertz CT molecular complexity index is 445. The summed E-state index contributed by atoms with van der Waals surface area (Å²) in [5, 5.41) is 2.92. The van der Waals surface area contributed by atoms with Crippen LogP contribution in [0.5, 0.6) is 0 Å². The van der Waals surface area contributed by atoms with Crippen LogP contribution in [0.25, 0.3) is 0 Å². The van der Waals surface area contributed by atoms with Crippen LogP contribution in [0.3, 0.4) is 0 Å². The minimum absolute atomic E-state index is 0.0502. The van der Waals surface area contributed by atoms with E-state index in [0.717, 1.165) is 32.3 Å². The van der Waals surface area contributed by atoms with Gasteiger partial charge in [-0.15, -0.1) is 0 Å². The fourth-order valence-corrected chi connectivity index (χ4v) is 4.10. The van der Waals surface area contributed by atoms with E-state index in [4.69, 9.17) is 4.74 Å². The lowest BCUT2D eigenvalue weighted by Gasteiger charge is -2.33. The molecular weight excluding hydrogens is 280 g/mol. The van der Waals surface area contributed by atoms with Gasteiger partial charge in [0.15, 0.2) is 0 Å². The van der Waals surface area contributed by atoms with Crippen molar-refractivity contribution in [1.29, 1.82) is 0 Å². The van der Waals surface area contributed by atoms with Gasteiger partial charge in [0, 0.05) is 13.2 Å². The Morgan fingerprint density at radius 3 is 2.65 bits per heavy atom. The van der Waals surface area contributed by atoms with Crippen molar-refractivity contribution in [2.75, 3.05) is 19.4 Å². The average molecular weight is 304 g/mol. The molecule has 0 aromatic rings. The third kappa shape index (κ3) is 3.71. The third-order valence-corrected chi connectivity index (χ3v) is 5.36. The second kappa shape index (κ2) is 6.41. The second-order valence-corrected chi connectivity index (χ2v) is 7.67. The highest BCUT2D eigenvalue weighted by molar-refractivity contribution is 7.88. The number of hydrogen-bond donors (Lipinski definition) is 1. The van der Waals surface area contributed by atoms with Gasteiger partial charge in [-0.3, -0.25) is 4.79 Å². The summed E-state index contributed by atoms with van der Waals surface area (Å²) in [7, 11) is -3.33. The van der Waals surface area contributed by atoms with E-state index < -0.39 is 16.1 Å². The molecule has 2 aliphatic heterocycles. The molecule has 2 saturated heterocycles. The van der Waals surface area contributed by atoms with Gasteiger partial charge in [-0.25, -0.2) is 8.42 Å². The van der Waals surface area contributed by atoms with Gasteiger partial charge in [0.25, 0.3) is 0 Å². The number of rotatable bonds is 4. The van der Waals surface area contributed by atoms with Gasteiger partial charge in [0.2, 0.25) is 15.9 Å². The summed E-state index contributed by atoms with van der Waals surface area (Å²) in [5.74, 6) is -0.196. The molecule has 2 fully saturated rings. The van der Waals surface area contributed by atoms with Crippen molar-refractivity contribution in [3.05, 3.63) is 0 Å². The molecule has 0 radical (unpaired) electrons. The Labute approximate surface area is 120 Å². The first-order valence-electron chi connectivity index (χ1n) is 7.28. The van der Waals surface area contributed by atoms with E-state index in [2.05, 4.69) is 5.32 Å². The van der Waals surface area contributed by atoms with E-state index in [-0.39, 0.29) is 18.1 Å². The van der Waals surface area contributed by atoms with E-state index in [0.29, 0.717) is 13.0 Å². The van der Waals surface area contributed by atoms with Gasteiger partial charge in [0.05, 0.1) is 18.4 Å². The third-order valence-electron chi connectivity index (χ3n) is 4.07. The number of carbonyl (C=O) groups excluding carboxylic acids is 1. The normalized spacial score (nSPS) is 30.1. The fraction of sp³-hybridized carbons (Fsp3) is 0.923. The Morgan fingerprint density at radius 2 is 2.05 bits per heavy atom. The molecule has 1 amide bonds. The molecule has 7 heteroatoms. The predicted octanol–water partition coefficient (Wildman–Crippen LogP) is 0.484. The maximum atomic E-state index is 12.3. The summed E-state index contributed by atoms with van der Waals surface area (Å²) in [4.78, 5) is 12.3. The van der Waals surface area contributed by atoms with E-state index in [1.807, 2.05) is 6.92 Å². The standard InChI is InChI=1S/C13H24N2O4S/c1-10(12-7-5-9-19-12)14-13(16)11-6-3-4-8-15(11)20(2,17)18/h10-12H,3-9H2,1-2H3,(H,14,16). The fourth-order valence-electron chi connectivity index (χ4n) is 2.97. The molecule has 0 saturated carbocycles. The second-order valence-electron chi connectivity index (χ2n) is 5.73. The SMILES string of the molecule is CC(NC(=O)C1CCCCN1S(C)(=O)=O)C1CCCO1. The van der Waals surface area contributed by atoms with Gasteiger partial charge in [-0.1, -0.05) is 6.42 Å². The molecule has 0 spiro atoms. The highest BCUT2D eigenvalue weighted by atomic mass is 32.2. The smallest absolute Gasteiger partial charge is 0.238 e. The van der Waals surface area contributed by atoms with Crippen molar-refractivity contribution in [1.82, 2.24) is 9.62 Å². The topological polar surface area (TPSA) is 75.7 Å². The number of piperidine rings is 1. The molecule has 3 atom stereocenters. The van der Waals surface area contributed by atoms with Crippen molar-refractivity contribution in [3.8, 4) is 0 Å². The summed E-state index contributed by atoms with van der Waals surface area (Å²) < 4.78 is 30.4. The van der Waals surface area contributed by atoms with Crippen LogP contribution >= 0.6 is 0 Å². The Balaban J connectivity index is 1.98. The Kier molecular flexibility index (Phi) is 5.04. The van der Waals surface area contributed by atoms with Gasteiger partial charge in [-0.2, -0.15) is 4.31 Å².